The standard InChI is InChI=1S/C21H27N3O2.ClH/c25-21(23-10-5-13-24-14-11-22-12-15-24)19-8-4-9-20(16-19)26-17-18-6-2-1-3-7-18;/h1-4,6-9,16,22H,5,10-15,17H2,(H,23,25);1H. The predicted molar refractivity (Wildman–Crippen MR) is 111 cm³/mol. The van der Waals surface area contributed by atoms with Crippen LogP contribution >= 0.6 is 12.4 Å². The number of nitrogens with zero attached hydrogens (tertiary/aromatic N) is 1. The summed E-state index contributed by atoms with van der Waals surface area (Å²) in [5, 5.41) is 6.35. The fourth-order valence-electron chi connectivity index (χ4n) is 3.01. The lowest BCUT2D eigenvalue weighted by Crippen LogP contribution is -2.44. The van der Waals surface area contributed by atoms with Gasteiger partial charge in [-0.3, -0.25) is 4.79 Å². The summed E-state index contributed by atoms with van der Waals surface area (Å²) in [6, 6.07) is 17.4. The number of carbonyl (C=O) groups is 1. The number of amides is 1. The highest BCUT2D eigenvalue weighted by Crippen LogP contribution is 2.15. The lowest BCUT2D eigenvalue weighted by atomic mass is 10.2. The van der Waals surface area contributed by atoms with Crippen LogP contribution < -0.4 is 15.4 Å². The van der Waals surface area contributed by atoms with Crippen LogP contribution in [0, 0.1) is 0 Å². The lowest BCUT2D eigenvalue weighted by Gasteiger charge is -2.27. The van der Waals surface area contributed by atoms with Gasteiger partial charge in [0.1, 0.15) is 12.4 Å². The number of nitrogens with one attached hydrogen (secondary N) is 2. The van der Waals surface area contributed by atoms with E-state index in [9.17, 15) is 4.79 Å². The Labute approximate surface area is 167 Å². The molecule has 3 rings (SSSR count). The minimum Gasteiger partial charge on any atom is -0.489 e. The van der Waals surface area contributed by atoms with Gasteiger partial charge in [0.2, 0.25) is 0 Å². The quantitative estimate of drug-likeness (QED) is 0.681. The minimum absolute atomic E-state index is 0. The second-order valence-corrected chi connectivity index (χ2v) is 6.50. The maximum atomic E-state index is 12.3. The van der Waals surface area contributed by atoms with Gasteiger partial charge in [0, 0.05) is 38.3 Å². The van der Waals surface area contributed by atoms with Crippen LogP contribution in [-0.4, -0.2) is 50.1 Å². The van der Waals surface area contributed by atoms with E-state index in [1.807, 2.05) is 48.5 Å². The number of halogens is 1. The molecule has 0 unspecified atom stereocenters. The maximum Gasteiger partial charge on any atom is 0.251 e. The van der Waals surface area contributed by atoms with E-state index >= 15 is 0 Å². The van der Waals surface area contributed by atoms with Crippen molar-refractivity contribution in [2.24, 2.45) is 0 Å². The Hall–Kier alpha value is -2.08. The fourth-order valence-corrected chi connectivity index (χ4v) is 3.01. The normalized spacial score (nSPS) is 14.2. The zero-order valence-electron chi connectivity index (χ0n) is 15.5. The predicted octanol–water partition coefficient (Wildman–Crippen LogP) is 2.71. The average Bonchev–Trinajstić information content (AvgIpc) is 2.71. The van der Waals surface area contributed by atoms with Crippen molar-refractivity contribution in [1.82, 2.24) is 15.5 Å². The maximum absolute atomic E-state index is 12.3. The Bertz CT molecular complexity index is 691. The third-order valence-corrected chi connectivity index (χ3v) is 4.49. The minimum atomic E-state index is -0.0459. The molecule has 2 aromatic rings. The first-order chi connectivity index (χ1) is 12.8. The number of carbonyl (C=O) groups excluding carboxylic acids is 1. The molecule has 1 heterocycles. The first-order valence-corrected chi connectivity index (χ1v) is 9.29. The Kier molecular flexibility index (Phi) is 9.11. The fraction of sp³-hybridized carbons (Fsp3) is 0.381. The summed E-state index contributed by atoms with van der Waals surface area (Å²) in [7, 11) is 0. The molecule has 146 valence electrons. The molecule has 1 amide bonds. The molecule has 0 spiro atoms. The van der Waals surface area contributed by atoms with Crippen LogP contribution in [0.2, 0.25) is 0 Å². The number of ether oxygens (including phenoxy) is 1. The third-order valence-electron chi connectivity index (χ3n) is 4.49. The van der Waals surface area contributed by atoms with Crippen LogP contribution in [0.15, 0.2) is 54.6 Å². The number of rotatable bonds is 8. The Morgan fingerprint density at radius 3 is 2.63 bits per heavy atom. The topological polar surface area (TPSA) is 53.6 Å². The van der Waals surface area contributed by atoms with Crippen LogP contribution in [0.4, 0.5) is 0 Å². The zero-order valence-corrected chi connectivity index (χ0v) is 16.3. The highest BCUT2D eigenvalue weighted by Gasteiger charge is 2.10. The van der Waals surface area contributed by atoms with Gasteiger partial charge in [0.05, 0.1) is 0 Å². The Morgan fingerprint density at radius 1 is 1.07 bits per heavy atom. The Balaban J connectivity index is 0.00000261. The molecule has 5 nitrogen and oxygen atoms in total. The summed E-state index contributed by atoms with van der Waals surface area (Å²) < 4.78 is 5.80. The van der Waals surface area contributed by atoms with Crippen LogP contribution in [0.25, 0.3) is 0 Å². The molecule has 1 aliphatic rings. The molecule has 0 atom stereocenters. The molecule has 6 heteroatoms. The SMILES string of the molecule is Cl.O=C(NCCCN1CCNCC1)c1cccc(OCc2ccccc2)c1. The number of hydrogen-bond donors (Lipinski definition) is 2. The van der Waals surface area contributed by atoms with Gasteiger partial charge in [-0.1, -0.05) is 36.4 Å². The molecule has 0 radical (unpaired) electrons. The summed E-state index contributed by atoms with van der Waals surface area (Å²) in [5.74, 6) is 0.665. The number of hydrogen-bond acceptors (Lipinski definition) is 4. The van der Waals surface area contributed by atoms with Crippen molar-refractivity contribution in [3.8, 4) is 5.75 Å². The van der Waals surface area contributed by atoms with Gasteiger partial charge in [0.15, 0.2) is 0 Å². The van der Waals surface area contributed by atoms with Crippen LogP contribution in [0.5, 0.6) is 5.75 Å². The smallest absolute Gasteiger partial charge is 0.251 e. The van der Waals surface area contributed by atoms with Crippen molar-refractivity contribution in [2.45, 2.75) is 13.0 Å². The van der Waals surface area contributed by atoms with Gasteiger partial charge < -0.3 is 20.3 Å². The van der Waals surface area contributed by atoms with Gasteiger partial charge in [0.25, 0.3) is 5.91 Å². The van der Waals surface area contributed by atoms with Gasteiger partial charge in [-0.25, -0.2) is 0 Å². The second kappa shape index (κ2) is 11.6. The van der Waals surface area contributed by atoms with E-state index in [1.54, 1.807) is 6.07 Å². The summed E-state index contributed by atoms with van der Waals surface area (Å²) in [4.78, 5) is 14.8. The van der Waals surface area contributed by atoms with E-state index in [1.165, 1.54) is 0 Å². The largest absolute Gasteiger partial charge is 0.489 e. The summed E-state index contributed by atoms with van der Waals surface area (Å²) >= 11 is 0. The molecule has 27 heavy (non-hydrogen) atoms. The molecule has 1 saturated heterocycles. The van der Waals surface area contributed by atoms with E-state index in [4.69, 9.17) is 4.74 Å². The number of piperazine rings is 1. The number of benzene rings is 2. The zero-order chi connectivity index (χ0) is 18.0. The molecule has 0 saturated carbocycles. The van der Waals surface area contributed by atoms with Gasteiger partial charge in [-0.15, -0.1) is 12.4 Å². The molecule has 0 bridgehead atoms. The van der Waals surface area contributed by atoms with Gasteiger partial charge >= 0.3 is 0 Å². The van der Waals surface area contributed by atoms with Crippen molar-refractivity contribution in [3.05, 3.63) is 65.7 Å². The van der Waals surface area contributed by atoms with E-state index < -0.39 is 0 Å². The first-order valence-electron chi connectivity index (χ1n) is 9.29. The summed E-state index contributed by atoms with van der Waals surface area (Å²) in [6.07, 6.45) is 0.968. The highest BCUT2D eigenvalue weighted by atomic mass is 35.5. The van der Waals surface area contributed by atoms with E-state index in [0.717, 1.165) is 44.7 Å². The van der Waals surface area contributed by atoms with Crippen LogP contribution in [-0.2, 0) is 6.61 Å². The van der Waals surface area contributed by atoms with Crippen molar-refractivity contribution >= 4 is 18.3 Å². The first kappa shape index (κ1) is 21.2. The summed E-state index contributed by atoms with van der Waals surface area (Å²) in [5.41, 5.74) is 1.74. The Morgan fingerprint density at radius 2 is 1.85 bits per heavy atom. The molecule has 0 aliphatic carbocycles. The van der Waals surface area contributed by atoms with Gasteiger partial charge in [-0.05, 0) is 36.7 Å². The molecule has 2 N–H and O–H groups in total. The van der Waals surface area contributed by atoms with E-state index in [2.05, 4.69) is 15.5 Å². The third kappa shape index (κ3) is 7.21. The second-order valence-electron chi connectivity index (χ2n) is 6.50. The molecular weight excluding hydrogens is 362 g/mol. The van der Waals surface area contributed by atoms with E-state index in [0.29, 0.717) is 24.5 Å². The molecule has 0 aromatic heterocycles. The van der Waals surface area contributed by atoms with Gasteiger partial charge in [-0.2, -0.15) is 0 Å². The van der Waals surface area contributed by atoms with Crippen molar-refractivity contribution < 1.29 is 9.53 Å². The summed E-state index contributed by atoms with van der Waals surface area (Å²) in [6.45, 7) is 6.52. The molecule has 2 aromatic carbocycles. The van der Waals surface area contributed by atoms with Crippen LogP contribution in [0.1, 0.15) is 22.3 Å². The highest BCUT2D eigenvalue weighted by molar-refractivity contribution is 5.94. The average molecular weight is 390 g/mol. The van der Waals surface area contributed by atoms with Crippen molar-refractivity contribution in [1.29, 1.82) is 0 Å². The van der Waals surface area contributed by atoms with Crippen molar-refractivity contribution in [3.63, 3.8) is 0 Å². The van der Waals surface area contributed by atoms with Crippen molar-refractivity contribution in [2.75, 3.05) is 39.3 Å². The molecule has 1 fully saturated rings. The molecule has 1 aliphatic heterocycles. The lowest BCUT2D eigenvalue weighted by molar-refractivity contribution is 0.0950. The monoisotopic (exact) mass is 389 g/mol. The molecular formula is C21H28ClN3O2. The van der Waals surface area contributed by atoms with Crippen LogP contribution in [0.3, 0.4) is 0 Å². The van der Waals surface area contributed by atoms with E-state index in [-0.39, 0.29) is 18.3 Å².